The van der Waals surface area contributed by atoms with E-state index in [1.165, 1.54) is 0 Å². The van der Waals surface area contributed by atoms with Crippen LogP contribution in [0.2, 0.25) is 0 Å². The zero-order valence-electron chi connectivity index (χ0n) is 5.74. The van der Waals surface area contributed by atoms with Gasteiger partial charge in [0.2, 0.25) is 0 Å². The fraction of sp³-hybridized carbons (Fsp3) is 0.286. The van der Waals surface area contributed by atoms with Crippen LogP contribution in [0.1, 0.15) is 6.92 Å². The number of allylic oxidation sites excluding steroid dienone is 3. The van der Waals surface area contributed by atoms with E-state index in [9.17, 15) is 0 Å². The van der Waals surface area contributed by atoms with Crippen LogP contribution >= 0.6 is 11.8 Å². The molecule has 50 valence electrons. The molecule has 0 unspecified atom stereocenters. The summed E-state index contributed by atoms with van der Waals surface area (Å²) in [6, 6.07) is 0. The molecule has 0 aliphatic carbocycles. The van der Waals surface area contributed by atoms with Crippen molar-refractivity contribution >= 4 is 17.3 Å². The molecule has 0 saturated carbocycles. The Morgan fingerprint density at radius 2 is 2.11 bits per heavy atom. The van der Waals surface area contributed by atoms with E-state index in [2.05, 4.69) is 4.99 Å². The molecule has 1 nitrogen and oxygen atoms in total. The number of nitrogens with zero attached hydrogens (tertiary/aromatic N) is 1. The molecule has 0 heterocycles. The monoisotopic (exact) mass is 141 g/mol. The number of thioether (sulfide) groups is 1. The molecular weight excluding hydrogens is 130 g/mol. The average molecular weight is 141 g/mol. The number of hydrogen-bond acceptors (Lipinski definition) is 2. The standard InChI is InChI=1S/C7H11NS/c1-3-4-5-6-8-7-9-2/h3-7H,1-2H3/b4-3-,6-5-,8-7?. The van der Waals surface area contributed by atoms with Crippen molar-refractivity contribution in [2.24, 2.45) is 4.99 Å². The Labute approximate surface area is 60.6 Å². The Balaban J connectivity index is 3.35. The summed E-state index contributed by atoms with van der Waals surface area (Å²) in [5, 5.41) is 0. The highest BCUT2D eigenvalue weighted by Crippen LogP contribution is 1.84. The van der Waals surface area contributed by atoms with Gasteiger partial charge in [-0.3, -0.25) is 4.99 Å². The van der Waals surface area contributed by atoms with Crippen molar-refractivity contribution in [2.45, 2.75) is 6.92 Å². The van der Waals surface area contributed by atoms with E-state index in [0.717, 1.165) is 0 Å². The van der Waals surface area contributed by atoms with Gasteiger partial charge in [-0.2, -0.15) is 0 Å². The average Bonchev–Trinajstić information content (AvgIpc) is 1.89. The number of hydrogen-bond donors (Lipinski definition) is 0. The lowest BCUT2D eigenvalue weighted by Gasteiger charge is -1.73. The van der Waals surface area contributed by atoms with Gasteiger partial charge in [0, 0.05) is 6.20 Å². The van der Waals surface area contributed by atoms with Crippen molar-refractivity contribution in [3.05, 3.63) is 24.4 Å². The summed E-state index contributed by atoms with van der Waals surface area (Å²) in [4.78, 5) is 3.93. The molecule has 0 aromatic heterocycles. The first-order valence-corrected chi connectivity index (χ1v) is 4.03. The lowest BCUT2D eigenvalue weighted by atomic mass is 10.5. The Bertz CT molecular complexity index is 125. The minimum absolute atomic E-state index is 1.59. The third-order valence-corrected chi connectivity index (χ3v) is 0.974. The van der Waals surface area contributed by atoms with Crippen LogP contribution in [-0.2, 0) is 0 Å². The van der Waals surface area contributed by atoms with Gasteiger partial charge < -0.3 is 0 Å². The quantitative estimate of drug-likeness (QED) is 0.334. The van der Waals surface area contributed by atoms with Crippen LogP contribution in [0.4, 0.5) is 0 Å². The van der Waals surface area contributed by atoms with Gasteiger partial charge in [0.1, 0.15) is 0 Å². The van der Waals surface area contributed by atoms with Gasteiger partial charge in [-0.1, -0.05) is 12.2 Å². The summed E-state index contributed by atoms with van der Waals surface area (Å²) >= 11 is 1.59. The maximum absolute atomic E-state index is 3.93. The van der Waals surface area contributed by atoms with Gasteiger partial charge in [-0.05, 0) is 19.3 Å². The summed E-state index contributed by atoms with van der Waals surface area (Å²) in [6.07, 6.45) is 9.54. The zero-order valence-corrected chi connectivity index (χ0v) is 6.56. The minimum atomic E-state index is 1.59. The SMILES string of the molecule is C/C=C\C=C/N=CSC. The summed E-state index contributed by atoms with van der Waals surface area (Å²) in [7, 11) is 0. The maximum Gasteiger partial charge on any atom is 0.0593 e. The van der Waals surface area contributed by atoms with Crippen molar-refractivity contribution < 1.29 is 0 Å². The highest BCUT2D eigenvalue weighted by atomic mass is 32.2. The molecule has 2 heteroatoms. The van der Waals surface area contributed by atoms with Crippen LogP contribution in [0.15, 0.2) is 29.4 Å². The van der Waals surface area contributed by atoms with Crippen LogP contribution in [0.25, 0.3) is 0 Å². The predicted octanol–water partition coefficient (Wildman–Crippen LogP) is 2.47. The fourth-order valence-corrected chi connectivity index (χ4v) is 0.498. The minimum Gasteiger partial charge on any atom is -0.258 e. The molecule has 0 rings (SSSR count). The number of aliphatic imine (C=N–C) groups is 1. The maximum atomic E-state index is 3.93. The van der Waals surface area contributed by atoms with E-state index in [-0.39, 0.29) is 0 Å². The normalized spacial score (nSPS) is 12.7. The highest BCUT2D eigenvalue weighted by molar-refractivity contribution is 8.11. The Morgan fingerprint density at radius 3 is 2.67 bits per heavy atom. The molecule has 0 aromatic rings. The van der Waals surface area contributed by atoms with Crippen molar-refractivity contribution in [3.8, 4) is 0 Å². The predicted molar refractivity (Wildman–Crippen MR) is 46.0 cm³/mol. The van der Waals surface area contributed by atoms with E-state index < -0.39 is 0 Å². The summed E-state index contributed by atoms with van der Waals surface area (Å²) in [5.74, 6) is 0. The van der Waals surface area contributed by atoms with Crippen LogP contribution < -0.4 is 0 Å². The number of rotatable bonds is 3. The molecule has 0 N–H and O–H groups in total. The second-order valence-corrected chi connectivity index (χ2v) is 2.04. The van der Waals surface area contributed by atoms with E-state index in [4.69, 9.17) is 0 Å². The molecule has 0 atom stereocenters. The Kier molecular flexibility index (Phi) is 7.08. The Morgan fingerprint density at radius 1 is 1.33 bits per heavy atom. The molecule has 0 aliphatic heterocycles. The molecule has 0 amide bonds. The molecule has 0 aromatic carbocycles. The largest absolute Gasteiger partial charge is 0.258 e. The van der Waals surface area contributed by atoms with Crippen molar-refractivity contribution in [2.75, 3.05) is 6.26 Å². The van der Waals surface area contributed by atoms with E-state index in [1.54, 1.807) is 23.5 Å². The first kappa shape index (κ1) is 8.50. The summed E-state index contributed by atoms with van der Waals surface area (Å²) in [6.45, 7) is 1.97. The van der Waals surface area contributed by atoms with Crippen molar-refractivity contribution in [3.63, 3.8) is 0 Å². The summed E-state index contributed by atoms with van der Waals surface area (Å²) in [5.41, 5.74) is 1.79. The Hall–Kier alpha value is -0.500. The molecule has 0 spiro atoms. The molecule has 0 bridgehead atoms. The fourth-order valence-electron chi connectivity index (χ4n) is 0.306. The first-order valence-electron chi connectivity index (χ1n) is 2.74. The third-order valence-electron chi connectivity index (χ3n) is 0.642. The summed E-state index contributed by atoms with van der Waals surface area (Å²) < 4.78 is 0. The smallest absolute Gasteiger partial charge is 0.0593 e. The lowest BCUT2D eigenvalue weighted by molar-refractivity contribution is 1.60. The van der Waals surface area contributed by atoms with Crippen molar-refractivity contribution in [1.82, 2.24) is 0 Å². The zero-order chi connectivity index (χ0) is 6.95. The van der Waals surface area contributed by atoms with Crippen molar-refractivity contribution in [1.29, 1.82) is 0 Å². The van der Waals surface area contributed by atoms with Gasteiger partial charge in [0.15, 0.2) is 0 Å². The van der Waals surface area contributed by atoms with Gasteiger partial charge in [0.05, 0.1) is 5.55 Å². The van der Waals surface area contributed by atoms with Gasteiger partial charge >= 0.3 is 0 Å². The van der Waals surface area contributed by atoms with Gasteiger partial charge in [-0.25, -0.2) is 0 Å². The van der Waals surface area contributed by atoms with Crippen LogP contribution in [0, 0.1) is 0 Å². The molecule has 0 fully saturated rings. The second kappa shape index (κ2) is 7.50. The highest BCUT2D eigenvalue weighted by Gasteiger charge is 1.60. The van der Waals surface area contributed by atoms with Crippen LogP contribution in [0.3, 0.4) is 0 Å². The first-order chi connectivity index (χ1) is 4.41. The van der Waals surface area contributed by atoms with Crippen LogP contribution in [-0.4, -0.2) is 11.8 Å². The molecular formula is C7H11NS. The van der Waals surface area contributed by atoms with E-state index in [0.29, 0.717) is 0 Å². The van der Waals surface area contributed by atoms with Gasteiger partial charge in [-0.15, -0.1) is 11.8 Å². The van der Waals surface area contributed by atoms with E-state index in [1.807, 2.05) is 31.4 Å². The lowest BCUT2D eigenvalue weighted by Crippen LogP contribution is -1.55. The molecule has 9 heavy (non-hydrogen) atoms. The molecule has 0 aliphatic rings. The van der Waals surface area contributed by atoms with Gasteiger partial charge in [0.25, 0.3) is 0 Å². The van der Waals surface area contributed by atoms with E-state index >= 15 is 0 Å². The second-order valence-electron chi connectivity index (χ2n) is 1.36. The van der Waals surface area contributed by atoms with Crippen LogP contribution in [0.5, 0.6) is 0 Å². The molecule has 0 radical (unpaired) electrons. The molecule has 0 saturated heterocycles. The topological polar surface area (TPSA) is 12.4 Å². The third kappa shape index (κ3) is 7.50.